The number of hydrogen-bond donors (Lipinski definition) is 1. The highest BCUT2D eigenvalue weighted by atomic mass is 35.5. The molecule has 5 heteroatoms. The molecule has 0 aliphatic carbocycles. The average Bonchev–Trinajstić information content (AvgIpc) is 2.00. The minimum atomic E-state index is -0.481. The summed E-state index contributed by atoms with van der Waals surface area (Å²) in [6.45, 7) is 0.212. The van der Waals surface area contributed by atoms with E-state index in [-0.39, 0.29) is 24.9 Å². The monoisotopic (exact) mass is 198 g/mol. The van der Waals surface area contributed by atoms with Crippen molar-refractivity contribution in [3.63, 3.8) is 0 Å². The van der Waals surface area contributed by atoms with E-state index in [2.05, 4.69) is 0 Å². The highest BCUT2D eigenvalue weighted by Gasteiger charge is 2.05. The summed E-state index contributed by atoms with van der Waals surface area (Å²) in [7, 11) is 1.60. The number of rotatable bonds is 5. The molecular formula is C7H16ClFN2O. The second kappa shape index (κ2) is 8.74. The van der Waals surface area contributed by atoms with Crippen molar-refractivity contribution in [1.82, 2.24) is 4.90 Å². The molecule has 0 fully saturated rings. The molecule has 0 saturated heterocycles. The molecule has 0 aromatic rings. The highest BCUT2D eigenvalue weighted by molar-refractivity contribution is 5.85. The summed E-state index contributed by atoms with van der Waals surface area (Å²) < 4.78 is 11.7. The van der Waals surface area contributed by atoms with Crippen molar-refractivity contribution in [3.05, 3.63) is 0 Å². The fourth-order valence-corrected chi connectivity index (χ4v) is 0.696. The standard InChI is InChI=1S/C7H15FN2O.ClH/c1-10(6-4-8)7(11)3-2-5-9;/h2-6,9H2,1H3;1H. The Kier molecular flexibility index (Phi) is 10.3. The molecule has 3 nitrogen and oxygen atoms in total. The van der Waals surface area contributed by atoms with Gasteiger partial charge in [-0.15, -0.1) is 12.4 Å². The number of alkyl halides is 1. The molecule has 1 amide bonds. The van der Waals surface area contributed by atoms with E-state index in [1.807, 2.05) is 0 Å². The first-order valence-electron chi connectivity index (χ1n) is 3.72. The summed E-state index contributed by atoms with van der Waals surface area (Å²) in [5, 5.41) is 0. The third-order valence-corrected chi connectivity index (χ3v) is 1.44. The number of nitrogens with zero attached hydrogens (tertiary/aromatic N) is 1. The summed E-state index contributed by atoms with van der Waals surface area (Å²) in [4.78, 5) is 12.4. The third-order valence-electron chi connectivity index (χ3n) is 1.44. The summed E-state index contributed by atoms with van der Waals surface area (Å²) in [6, 6.07) is 0. The van der Waals surface area contributed by atoms with Crippen molar-refractivity contribution < 1.29 is 9.18 Å². The highest BCUT2D eigenvalue weighted by Crippen LogP contribution is 1.93. The van der Waals surface area contributed by atoms with Gasteiger partial charge in [-0.05, 0) is 13.0 Å². The first-order valence-corrected chi connectivity index (χ1v) is 3.72. The lowest BCUT2D eigenvalue weighted by atomic mass is 10.3. The van der Waals surface area contributed by atoms with E-state index in [0.717, 1.165) is 0 Å². The zero-order chi connectivity index (χ0) is 8.69. The maximum atomic E-state index is 11.7. The van der Waals surface area contributed by atoms with Crippen LogP contribution in [0.4, 0.5) is 4.39 Å². The minimum absolute atomic E-state index is 0. The van der Waals surface area contributed by atoms with Gasteiger partial charge in [0.05, 0.1) is 0 Å². The molecule has 0 aromatic heterocycles. The molecule has 2 N–H and O–H groups in total. The van der Waals surface area contributed by atoms with Crippen LogP contribution in [0.2, 0.25) is 0 Å². The van der Waals surface area contributed by atoms with Crippen LogP contribution in [0.25, 0.3) is 0 Å². The van der Waals surface area contributed by atoms with Gasteiger partial charge in [0.2, 0.25) is 5.91 Å². The Bertz CT molecular complexity index is 124. The third kappa shape index (κ3) is 6.37. The zero-order valence-electron chi connectivity index (χ0n) is 7.25. The minimum Gasteiger partial charge on any atom is -0.343 e. The predicted molar refractivity (Wildman–Crippen MR) is 49.1 cm³/mol. The fraction of sp³-hybridized carbons (Fsp3) is 0.857. The summed E-state index contributed by atoms with van der Waals surface area (Å²) in [5.74, 6) is -0.0342. The van der Waals surface area contributed by atoms with E-state index >= 15 is 0 Å². The van der Waals surface area contributed by atoms with E-state index in [1.165, 1.54) is 4.90 Å². The predicted octanol–water partition coefficient (Wildman–Crippen LogP) is 0.575. The Morgan fingerprint density at radius 2 is 2.17 bits per heavy atom. The van der Waals surface area contributed by atoms with Gasteiger partial charge in [0.25, 0.3) is 0 Å². The quantitative estimate of drug-likeness (QED) is 0.703. The molecule has 0 aromatic carbocycles. The van der Waals surface area contributed by atoms with Crippen LogP contribution in [0.15, 0.2) is 0 Å². The van der Waals surface area contributed by atoms with Crippen LogP contribution in [-0.2, 0) is 4.79 Å². The molecule has 0 bridgehead atoms. The van der Waals surface area contributed by atoms with Gasteiger partial charge in [0.1, 0.15) is 6.67 Å². The molecule has 0 unspecified atom stereocenters. The number of hydrogen-bond acceptors (Lipinski definition) is 2. The molecule has 0 rings (SSSR count). The molecule has 0 aliphatic heterocycles. The summed E-state index contributed by atoms with van der Waals surface area (Å²) in [6.07, 6.45) is 1.10. The van der Waals surface area contributed by atoms with Gasteiger partial charge in [0.15, 0.2) is 0 Å². The molecule has 0 radical (unpaired) electrons. The van der Waals surface area contributed by atoms with E-state index in [1.54, 1.807) is 7.05 Å². The van der Waals surface area contributed by atoms with Crippen molar-refractivity contribution in [1.29, 1.82) is 0 Å². The zero-order valence-corrected chi connectivity index (χ0v) is 8.07. The van der Waals surface area contributed by atoms with Gasteiger partial charge in [-0.3, -0.25) is 4.79 Å². The van der Waals surface area contributed by atoms with E-state index in [9.17, 15) is 9.18 Å². The van der Waals surface area contributed by atoms with Crippen LogP contribution >= 0.6 is 12.4 Å². The van der Waals surface area contributed by atoms with Crippen LogP contribution in [-0.4, -0.2) is 37.6 Å². The van der Waals surface area contributed by atoms with Crippen LogP contribution in [0.3, 0.4) is 0 Å². The van der Waals surface area contributed by atoms with Crippen molar-refractivity contribution in [2.24, 2.45) is 5.73 Å². The lowest BCUT2D eigenvalue weighted by molar-refractivity contribution is -0.130. The second-order valence-electron chi connectivity index (χ2n) is 2.40. The number of halogens is 2. The topological polar surface area (TPSA) is 46.3 Å². The lowest BCUT2D eigenvalue weighted by Crippen LogP contribution is -2.28. The number of carbonyl (C=O) groups excluding carboxylic acids is 1. The van der Waals surface area contributed by atoms with Crippen molar-refractivity contribution in [2.75, 3.05) is 26.8 Å². The number of carbonyl (C=O) groups is 1. The molecular weight excluding hydrogens is 183 g/mol. The lowest BCUT2D eigenvalue weighted by Gasteiger charge is -2.14. The van der Waals surface area contributed by atoms with E-state index in [4.69, 9.17) is 5.73 Å². The first-order chi connectivity index (χ1) is 5.22. The SMILES string of the molecule is CN(CCF)C(=O)CCCN.Cl. The Morgan fingerprint density at radius 3 is 2.58 bits per heavy atom. The van der Waals surface area contributed by atoms with Gasteiger partial charge in [-0.2, -0.15) is 0 Å². The molecule has 0 heterocycles. The summed E-state index contributed by atoms with van der Waals surface area (Å²) in [5.41, 5.74) is 5.21. The van der Waals surface area contributed by atoms with Gasteiger partial charge in [-0.1, -0.05) is 0 Å². The second-order valence-corrected chi connectivity index (χ2v) is 2.40. The Morgan fingerprint density at radius 1 is 1.58 bits per heavy atom. The maximum absolute atomic E-state index is 11.7. The molecule has 12 heavy (non-hydrogen) atoms. The Balaban J connectivity index is 0. The molecule has 0 spiro atoms. The van der Waals surface area contributed by atoms with Crippen molar-refractivity contribution >= 4 is 18.3 Å². The van der Waals surface area contributed by atoms with Crippen LogP contribution < -0.4 is 5.73 Å². The van der Waals surface area contributed by atoms with E-state index in [0.29, 0.717) is 19.4 Å². The number of amides is 1. The largest absolute Gasteiger partial charge is 0.343 e. The molecule has 0 saturated carbocycles. The normalized spacial score (nSPS) is 8.92. The van der Waals surface area contributed by atoms with Gasteiger partial charge < -0.3 is 10.6 Å². The fourth-order valence-electron chi connectivity index (χ4n) is 0.696. The van der Waals surface area contributed by atoms with Crippen molar-refractivity contribution in [3.8, 4) is 0 Å². The maximum Gasteiger partial charge on any atom is 0.222 e. The van der Waals surface area contributed by atoms with Crippen LogP contribution in [0.1, 0.15) is 12.8 Å². The van der Waals surface area contributed by atoms with Gasteiger partial charge in [0, 0.05) is 20.0 Å². The summed E-state index contributed by atoms with van der Waals surface area (Å²) >= 11 is 0. The molecule has 0 aliphatic rings. The number of nitrogens with two attached hydrogens (primary N) is 1. The Labute approximate surface area is 78.5 Å². The van der Waals surface area contributed by atoms with Crippen LogP contribution in [0.5, 0.6) is 0 Å². The smallest absolute Gasteiger partial charge is 0.222 e. The van der Waals surface area contributed by atoms with Crippen molar-refractivity contribution in [2.45, 2.75) is 12.8 Å². The average molecular weight is 199 g/mol. The first kappa shape index (κ1) is 14.2. The van der Waals surface area contributed by atoms with Crippen LogP contribution in [0, 0.1) is 0 Å². The Hall–Kier alpha value is -0.350. The molecule has 74 valence electrons. The van der Waals surface area contributed by atoms with E-state index < -0.39 is 6.67 Å². The van der Waals surface area contributed by atoms with Gasteiger partial charge in [-0.25, -0.2) is 4.39 Å². The van der Waals surface area contributed by atoms with Gasteiger partial charge >= 0.3 is 0 Å². The molecule has 0 atom stereocenters.